The third-order valence-corrected chi connectivity index (χ3v) is 2.33. The summed E-state index contributed by atoms with van der Waals surface area (Å²) in [7, 11) is 0. The first-order valence-electron chi connectivity index (χ1n) is 4.91. The van der Waals surface area contributed by atoms with E-state index in [0.717, 1.165) is 19.4 Å². The summed E-state index contributed by atoms with van der Waals surface area (Å²) < 4.78 is 10.4. The summed E-state index contributed by atoms with van der Waals surface area (Å²) in [5, 5.41) is 12.5. The van der Waals surface area contributed by atoms with E-state index in [1.807, 2.05) is 0 Å². The van der Waals surface area contributed by atoms with Crippen LogP contribution < -0.4 is 0 Å². The van der Waals surface area contributed by atoms with E-state index in [0.29, 0.717) is 24.7 Å². The van der Waals surface area contributed by atoms with Crippen LogP contribution in [0.2, 0.25) is 0 Å². The monoisotopic (exact) mass is 198 g/mol. The van der Waals surface area contributed by atoms with Gasteiger partial charge in [-0.15, -0.1) is 0 Å². The van der Waals surface area contributed by atoms with Crippen LogP contribution >= 0.6 is 0 Å². The van der Waals surface area contributed by atoms with Gasteiger partial charge in [0.25, 0.3) is 0 Å². The Bertz CT molecular complexity index is 281. The molecule has 1 N–H and O–H groups in total. The zero-order valence-electron chi connectivity index (χ0n) is 7.98. The first-order valence-corrected chi connectivity index (χ1v) is 4.91. The summed E-state index contributed by atoms with van der Waals surface area (Å²) in [6, 6.07) is 0. The van der Waals surface area contributed by atoms with Crippen LogP contribution in [0.3, 0.4) is 0 Å². The summed E-state index contributed by atoms with van der Waals surface area (Å²) in [5.41, 5.74) is 0. The number of aliphatic hydroxyl groups is 1. The molecule has 78 valence electrons. The predicted octanol–water partition coefficient (Wildman–Crippen LogP) is 0.498. The van der Waals surface area contributed by atoms with Crippen molar-refractivity contribution in [3.05, 3.63) is 11.7 Å². The molecule has 2 rings (SSSR count). The van der Waals surface area contributed by atoms with Crippen LogP contribution in [0.1, 0.15) is 30.5 Å². The van der Waals surface area contributed by atoms with Gasteiger partial charge in [0.2, 0.25) is 5.89 Å². The van der Waals surface area contributed by atoms with Crippen molar-refractivity contribution in [2.75, 3.05) is 19.8 Å². The molecule has 1 aliphatic rings. The smallest absolute Gasteiger partial charge is 0.232 e. The van der Waals surface area contributed by atoms with Crippen LogP contribution in [-0.4, -0.2) is 35.1 Å². The topological polar surface area (TPSA) is 68.4 Å². The highest BCUT2D eigenvalue weighted by molar-refractivity contribution is 4.95. The number of aromatic nitrogens is 2. The fraction of sp³-hybridized carbons (Fsp3) is 0.778. The Balaban J connectivity index is 2.00. The van der Waals surface area contributed by atoms with Gasteiger partial charge < -0.3 is 14.4 Å². The molecule has 5 heteroatoms. The standard InChI is InChI=1S/C9H14N2O3/c12-4-3-8-10-9(14-11-8)7-2-1-5-13-6-7/h7,12H,1-6H2. The third-order valence-electron chi connectivity index (χ3n) is 2.33. The third kappa shape index (κ3) is 2.10. The Hall–Kier alpha value is -0.940. The van der Waals surface area contributed by atoms with Crippen molar-refractivity contribution in [3.8, 4) is 0 Å². The zero-order valence-corrected chi connectivity index (χ0v) is 7.98. The van der Waals surface area contributed by atoms with E-state index in [9.17, 15) is 0 Å². The van der Waals surface area contributed by atoms with Gasteiger partial charge in [0.05, 0.1) is 19.1 Å². The molecule has 0 bridgehead atoms. The van der Waals surface area contributed by atoms with Crippen LogP contribution in [0.25, 0.3) is 0 Å². The Labute approximate surface area is 82.1 Å². The fourth-order valence-corrected chi connectivity index (χ4v) is 1.57. The highest BCUT2D eigenvalue weighted by atomic mass is 16.5. The molecular weight excluding hydrogens is 184 g/mol. The minimum absolute atomic E-state index is 0.0557. The van der Waals surface area contributed by atoms with Gasteiger partial charge >= 0.3 is 0 Å². The number of aliphatic hydroxyl groups excluding tert-OH is 1. The number of nitrogens with zero attached hydrogens (tertiary/aromatic N) is 2. The average molecular weight is 198 g/mol. The van der Waals surface area contributed by atoms with E-state index in [4.69, 9.17) is 14.4 Å². The highest BCUT2D eigenvalue weighted by Gasteiger charge is 2.21. The maximum atomic E-state index is 8.69. The highest BCUT2D eigenvalue weighted by Crippen LogP contribution is 2.23. The van der Waals surface area contributed by atoms with Crippen LogP contribution in [-0.2, 0) is 11.2 Å². The molecule has 0 aliphatic carbocycles. The molecule has 1 aromatic heterocycles. The summed E-state index contributed by atoms with van der Waals surface area (Å²) in [4.78, 5) is 4.21. The van der Waals surface area contributed by atoms with Gasteiger partial charge in [-0.25, -0.2) is 0 Å². The van der Waals surface area contributed by atoms with Crippen LogP contribution in [0, 0.1) is 0 Å². The van der Waals surface area contributed by atoms with Crippen molar-refractivity contribution in [2.24, 2.45) is 0 Å². The lowest BCUT2D eigenvalue weighted by molar-refractivity contribution is 0.0705. The Kier molecular flexibility index (Phi) is 3.10. The predicted molar refractivity (Wildman–Crippen MR) is 47.9 cm³/mol. The van der Waals surface area contributed by atoms with Crippen LogP contribution in [0.4, 0.5) is 0 Å². The molecule has 1 atom stereocenters. The molecule has 1 aliphatic heterocycles. The van der Waals surface area contributed by atoms with Crippen molar-refractivity contribution < 1.29 is 14.4 Å². The number of rotatable bonds is 3. The van der Waals surface area contributed by atoms with Crippen molar-refractivity contribution in [3.63, 3.8) is 0 Å². The largest absolute Gasteiger partial charge is 0.396 e. The average Bonchev–Trinajstić information content (AvgIpc) is 2.68. The lowest BCUT2D eigenvalue weighted by atomic mass is 10.0. The summed E-state index contributed by atoms with van der Waals surface area (Å²) in [6.07, 6.45) is 2.54. The minimum Gasteiger partial charge on any atom is -0.396 e. The van der Waals surface area contributed by atoms with Gasteiger partial charge in [0, 0.05) is 13.0 Å². The Morgan fingerprint density at radius 1 is 1.50 bits per heavy atom. The second-order valence-corrected chi connectivity index (χ2v) is 3.44. The molecule has 1 fully saturated rings. The first kappa shape index (κ1) is 9.61. The van der Waals surface area contributed by atoms with Crippen LogP contribution in [0.15, 0.2) is 4.52 Å². The molecule has 1 unspecified atom stereocenters. The Morgan fingerprint density at radius 2 is 2.43 bits per heavy atom. The maximum Gasteiger partial charge on any atom is 0.232 e. The van der Waals surface area contributed by atoms with E-state index in [-0.39, 0.29) is 12.5 Å². The number of hydrogen-bond donors (Lipinski definition) is 1. The molecular formula is C9H14N2O3. The normalized spacial score (nSPS) is 22.5. The molecule has 0 saturated carbocycles. The maximum absolute atomic E-state index is 8.69. The molecule has 1 aromatic rings. The lowest BCUT2D eigenvalue weighted by Crippen LogP contribution is -2.15. The zero-order chi connectivity index (χ0) is 9.80. The summed E-state index contributed by atoms with van der Waals surface area (Å²) in [6.45, 7) is 1.55. The lowest BCUT2D eigenvalue weighted by Gasteiger charge is -2.17. The van der Waals surface area contributed by atoms with Gasteiger partial charge in [-0.3, -0.25) is 0 Å². The Morgan fingerprint density at radius 3 is 3.14 bits per heavy atom. The second kappa shape index (κ2) is 4.52. The van der Waals surface area contributed by atoms with Crippen molar-refractivity contribution in [2.45, 2.75) is 25.2 Å². The van der Waals surface area contributed by atoms with Gasteiger partial charge in [0.1, 0.15) is 0 Å². The van der Waals surface area contributed by atoms with Gasteiger partial charge in [-0.05, 0) is 12.8 Å². The molecule has 1 saturated heterocycles. The van der Waals surface area contributed by atoms with E-state index in [1.54, 1.807) is 0 Å². The van der Waals surface area contributed by atoms with Crippen molar-refractivity contribution >= 4 is 0 Å². The number of ether oxygens (including phenoxy) is 1. The summed E-state index contributed by atoms with van der Waals surface area (Å²) >= 11 is 0. The van der Waals surface area contributed by atoms with Crippen LogP contribution in [0.5, 0.6) is 0 Å². The molecule has 0 radical (unpaired) electrons. The molecule has 0 spiro atoms. The summed E-state index contributed by atoms with van der Waals surface area (Å²) in [5.74, 6) is 1.46. The minimum atomic E-state index is 0.0557. The van der Waals surface area contributed by atoms with E-state index in [2.05, 4.69) is 10.1 Å². The first-order chi connectivity index (χ1) is 6.90. The fourth-order valence-electron chi connectivity index (χ4n) is 1.57. The van der Waals surface area contributed by atoms with E-state index < -0.39 is 0 Å². The van der Waals surface area contributed by atoms with E-state index >= 15 is 0 Å². The molecule has 0 amide bonds. The molecule has 14 heavy (non-hydrogen) atoms. The van der Waals surface area contributed by atoms with Crippen molar-refractivity contribution in [1.29, 1.82) is 0 Å². The quantitative estimate of drug-likeness (QED) is 0.765. The van der Waals surface area contributed by atoms with Gasteiger partial charge in [-0.1, -0.05) is 5.16 Å². The second-order valence-electron chi connectivity index (χ2n) is 3.44. The van der Waals surface area contributed by atoms with Gasteiger partial charge in [0.15, 0.2) is 5.82 Å². The SMILES string of the molecule is OCCc1noc(C2CCCOC2)n1. The molecule has 5 nitrogen and oxygen atoms in total. The molecule has 2 heterocycles. The van der Waals surface area contributed by atoms with Crippen molar-refractivity contribution in [1.82, 2.24) is 10.1 Å². The number of hydrogen-bond acceptors (Lipinski definition) is 5. The molecule has 0 aromatic carbocycles. The van der Waals surface area contributed by atoms with Gasteiger partial charge in [-0.2, -0.15) is 4.98 Å². The van der Waals surface area contributed by atoms with E-state index in [1.165, 1.54) is 0 Å².